The number of nitrogens with one attached hydrogen (secondary N) is 1. The lowest BCUT2D eigenvalue weighted by Gasteiger charge is -2.26. The van der Waals surface area contributed by atoms with Crippen LogP contribution in [-0.2, 0) is 4.79 Å². The summed E-state index contributed by atoms with van der Waals surface area (Å²) < 4.78 is 0. The number of carbonyl (C=O) groups excluding carboxylic acids is 1. The van der Waals surface area contributed by atoms with E-state index in [-0.39, 0.29) is 12.5 Å². The number of amides is 1. The van der Waals surface area contributed by atoms with Crippen molar-refractivity contribution in [3.63, 3.8) is 0 Å². The van der Waals surface area contributed by atoms with E-state index in [0.717, 1.165) is 32.1 Å². The lowest BCUT2D eigenvalue weighted by Crippen LogP contribution is -2.50. The minimum Gasteiger partial charge on any atom is -0.394 e. The molecule has 0 bridgehead atoms. The van der Waals surface area contributed by atoms with Gasteiger partial charge >= 0.3 is 0 Å². The second kappa shape index (κ2) is 58.7. The smallest absolute Gasteiger partial charge is 0.220 e. The van der Waals surface area contributed by atoms with E-state index in [4.69, 9.17) is 0 Å². The van der Waals surface area contributed by atoms with E-state index in [1.807, 2.05) is 0 Å². The van der Waals surface area contributed by atoms with Crippen LogP contribution in [0.1, 0.15) is 361 Å². The molecule has 0 aliphatic rings. The van der Waals surface area contributed by atoms with E-state index >= 15 is 0 Å². The Kier molecular flexibility index (Phi) is 57.9. The Morgan fingerprint density at radius 3 is 0.853 bits per heavy atom. The van der Waals surface area contributed by atoms with Crippen LogP contribution in [-0.4, -0.2) is 46.1 Å². The molecule has 3 atom stereocenters. The second-order valence-corrected chi connectivity index (χ2v) is 22.0. The first-order valence-electron chi connectivity index (χ1n) is 31.5. The topological polar surface area (TPSA) is 89.8 Å². The maximum absolute atomic E-state index is 12.5. The molecule has 406 valence electrons. The monoisotopic (exact) mass is 960 g/mol. The van der Waals surface area contributed by atoms with Gasteiger partial charge in [0.15, 0.2) is 0 Å². The van der Waals surface area contributed by atoms with Gasteiger partial charge in [-0.1, -0.05) is 328 Å². The molecule has 1 amide bonds. The Labute approximate surface area is 427 Å². The van der Waals surface area contributed by atoms with Crippen LogP contribution in [0.15, 0.2) is 12.2 Å². The van der Waals surface area contributed by atoms with E-state index in [0.29, 0.717) is 12.8 Å². The highest BCUT2D eigenvalue weighted by Crippen LogP contribution is 2.19. The van der Waals surface area contributed by atoms with Crippen molar-refractivity contribution in [1.82, 2.24) is 5.32 Å². The fourth-order valence-electron chi connectivity index (χ4n) is 10.3. The fraction of sp³-hybridized carbons (Fsp3) is 0.952. The largest absolute Gasteiger partial charge is 0.394 e. The van der Waals surface area contributed by atoms with Crippen molar-refractivity contribution < 1.29 is 20.1 Å². The number of rotatable bonds is 59. The fourth-order valence-corrected chi connectivity index (χ4v) is 10.3. The average Bonchev–Trinajstić information content (AvgIpc) is 3.34. The zero-order valence-electron chi connectivity index (χ0n) is 46.5. The Morgan fingerprint density at radius 1 is 0.353 bits per heavy atom. The lowest BCUT2D eigenvalue weighted by atomic mass is 9.99. The first-order chi connectivity index (χ1) is 33.6. The summed E-state index contributed by atoms with van der Waals surface area (Å²) in [6.45, 7) is 4.22. The van der Waals surface area contributed by atoms with Gasteiger partial charge in [0.2, 0.25) is 5.91 Å². The summed E-state index contributed by atoms with van der Waals surface area (Å²) >= 11 is 0. The first kappa shape index (κ1) is 67.1. The van der Waals surface area contributed by atoms with Crippen LogP contribution in [0.3, 0.4) is 0 Å². The van der Waals surface area contributed by atoms with Gasteiger partial charge in [0, 0.05) is 6.42 Å². The predicted molar refractivity (Wildman–Crippen MR) is 301 cm³/mol. The van der Waals surface area contributed by atoms with Gasteiger partial charge in [0.25, 0.3) is 0 Å². The van der Waals surface area contributed by atoms with Gasteiger partial charge in [-0.05, 0) is 38.5 Å². The molecule has 3 unspecified atom stereocenters. The molecular formula is C63H125NO4. The summed E-state index contributed by atoms with van der Waals surface area (Å²) in [5, 5.41) is 33.8. The average molecular weight is 961 g/mol. The van der Waals surface area contributed by atoms with E-state index in [1.54, 1.807) is 0 Å². The Morgan fingerprint density at radius 2 is 0.588 bits per heavy atom. The van der Waals surface area contributed by atoms with Crippen LogP contribution >= 0.6 is 0 Å². The molecule has 0 heterocycles. The van der Waals surface area contributed by atoms with Crippen molar-refractivity contribution in [2.45, 2.75) is 379 Å². The molecule has 0 radical (unpaired) electrons. The molecule has 0 aromatic carbocycles. The minimum atomic E-state index is -1.13. The molecule has 0 aromatic rings. The van der Waals surface area contributed by atoms with Crippen molar-refractivity contribution in [1.29, 1.82) is 0 Å². The predicted octanol–water partition coefficient (Wildman–Crippen LogP) is 19.8. The molecule has 0 saturated carbocycles. The molecule has 0 rings (SSSR count). The summed E-state index contributed by atoms with van der Waals surface area (Å²) in [6.07, 6.45) is 74.1. The molecule has 4 N–H and O–H groups in total. The van der Waals surface area contributed by atoms with Crippen molar-refractivity contribution in [3.8, 4) is 0 Å². The van der Waals surface area contributed by atoms with Crippen molar-refractivity contribution in [2.75, 3.05) is 6.61 Å². The third kappa shape index (κ3) is 52.9. The van der Waals surface area contributed by atoms with Crippen LogP contribution < -0.4 is 5.32 Å². The number of aliphatic hydroxyl groups is 3. The van der Waals surface area contributed by atoms with E-state index in [9.17, 15) is 20.1 Å². The standard InChI is InChI=1S/C63H125NO4/c1-3-5-7-9-11-13-15-17-19-20-21-22-23-24-25-26-27-28-29-30-31-32-33-34-35-36-37-38-39-40-41-42-44-46-48-50-52-54-56-58-62(67)64-60(59-65)63(68)61(66)57-55-53-51-49-47-45-43-18-16-14-12-10-8-6-4-2/h30-31,60-61,63,65-66,68H,3-29,32-59H2,1-2H3,(H,64,67)/b31-30-. The van der Waals surface area contributed by atoms with E-state index in [1.165, 1.54) is 302 Å². The maximum atomic E-state index is 12.5. The number of hydrogen-bond donors (Lipinski definition) is 4. The molecular weight excluding hydrogens is 835 g/mol. The van der Waals surface area contributed by atoms with Crippen LogP contribution in [0.5, 0.6) is 0 Å². The Bertz CT molecular complexity index is 971. The number of carbonyl (C=O) groups is 1. The number of unbranched alkanes of at least 4 members (excludes halogenated alkanes) is 49. The van der Waals surface area contributed by atoms with Crippen LogP contribution in [0.4, 0.5) is 0 Å². The summed E-state index contributed by atoms with van der Waals surface area (Å²) in [7, 11) is 0. The molecule has 5 nitrogen and oxygen atoms in total. The molecule has 0 aliphatic carbocycles. The Hall–Kier alpha value is -0.910. The van der Waals surface area contributed by atoms with Crippen LogP contribution in [0, 0.1) is 0 Å². The zero-order valence-corrected chi connectivity index (χ0v) is 46.5. The maximum Gasteiger partial charge on any atom is 0.220 e. The summed E-state index contributed by atoms with van der Waals surface area (Å²) in [4.78, 5) is 12.5. The zero-order chi connectivity index (χ0) is 49.3. The van der Waals surface area contributed by atoms with Gasteiger partial charge in [-0.2, -0.15) is 0 Å². The lowest BCUT2D eigenvalue weighted by molar-refractivity contribution is -0.124. The highest BCUT2D eigenvalue weighted by molar-refractivity contribution is 5.76. The van der Waals surface area contributed by atoms with Gasteiger partial charge in [-0.3, -0.25) is 4.79 Å². The van der Waals surface area contributed by atoms with Crippen molar-refractivity contribution in [3.05, 3.63) is 12.2 Å². The van der Waals surface area contributed by atoms with E-state index < -0.39 is 18.2 Å². The highest BCUT2D eigenvalue weighted by atomic mass is 16.3. The summed E-state index contributed by atoms with van der Waals surface area (Å²) in [5.41, 5.74) is 0. The van der Waals surface area contributed by atoms with Gasteiger partial charge in [-0.25, -0.2) is 0 Å². The quantitative estimate of drug-likeness (QED) is 0.0361. The van der Waals surface area contributed by atoms with E-state index in [2.05, 4.69) is 31.3 Å². The van der Waals surface area contributed by atoms with Crippen molar-refractivity contribution >= 4 is 5.91 Å². The normalized spacial score (nSPS) is 13.2. The van der Waals surface area contributed by atoms with Gasteiger partial charge in [0.1, 0.15) is 6.10 Å². The molecule has 0 saturated heterocycles. The third-order valence-electron chi connectivity index (χ3n) is 15.1. The third-order valence-corrected chi connectivity index (χ3v) is 15.1. The first-order valence-corrected chi connectivity index (χ1v) is 31.5. The molecule has 68 heavy (non-hydrogen) atoms. The van der Waals surface area contributed by atoms with Crippen LogP contribution in [0.2, 0.25) is 0 Å². The summed E-state index contributed by atoms with van der Waals surface area (Å²) in [5.74, 6) is -0.138. The molecule has 0 spiro atoms. The molecule has 0 aliphatic heterocycles. The number of aliphatic hydroxyl groups excluding tert-OH is 3. The minimum absolute atomic E-state index is 0.138. The van der Waals surface area contributed by atoms with Gasteiger partial charge in [-0.15, -0.1) is 0 Å². The Balaban J connectivity index is 3.41. The van der Waals surface area contributed by atoms with Crippen LogP contribution in [0.25, 0.3) is 0 Å². The van der Waals surface area contributed by atoms with Gasteiger partial charge in [0.05, 0.1) is 18.8 Å². The molecule has 0 aromatic heterocycles. The molecule has 5 heteroatoms. The van der Waals surface area contributed by atoms with Crippen molar-refractivity contribution in [2.24, 2.45) is 0 Å². The molecule has 0 fully saturated rings. The van der Waals surface area contributed by atoms with Gasteiger partial charge < -0.3 is 20.6 Å². The highest BCUT2D eigenvalue weighted by Gasteiger charge is 2.26. The number of allylic oxidation sites excluding steroid dienone is 2. The summed E-state index contributed by atoms with van der Waals surface area (Å²) in [6, 6.07) is -0.806. The SMILES string of the molecule is CCCCCCCCCCCCCCCCCCCC/C=C\CCCCCCCCCCCCCCCCCCCC(=O)NC(CO)C(O)C(O)CCCCCCCCCCCCCCCCC. The number of hydrogen-bond acceptors (Lipinski definition) is 4. The second-order valence-electron chi connectivity index (χ2n) is 22.0.